The summed E-state index contributed by atoms with van der Waals surface area (Å²) in [5, 5.41) is 4.61. The molecule has 1 saturated heterocycles. The van der Waals surface area contributed by atoms with Crippen molar-refractivity contribution < 1.29 is 0 Å². The normalized spacial score (nSPS) is 23.7. The summed E-state index contributed by atoms with van der Waals surface area (Å²) in [7, 11) is 4.16. The number of hydrogen-bond donors (Lipinski definition) is 1. The molecule has 1 N–H and O–H groups in total. The molecule has 0 aromatic carbocycles. The Labute approximate surface area is 113 Å². The molecule has 0 spiro atoms. The van der Waals surface area contributed by atoms with Crippen molar-refractivity contribution in [3.63, 3.8) is 0 Å². The summed E-state index contributed by atoms with van der Waals surface area (Å²) in [5.41, 5.74) is 0.994. The number of nitrogens with zero attached hydrogens (tertiary/aromatic N) is 4. The topological polar surface area (TPSA) is 46.0 Å². The highest BCUT2D eigenvalue weighted by atomic mass is 15.2. The molecule has 0 radical (unpaired) electrons. The molecule has 2 aromatic rings. The van der Waals surface area contributed by atoms with Gasteiger partial charge in [0.25, 0.3) is 0 Å². The van der Waals surface area contributed by atoms with E-state index in [0.29, 0.717) is 12.0 Å². The number of rotatable bonds is 2. The predicted octanol–water partition coefficient (Wildman–Crippen LogP) is 1.40. The molecule has 2 atom stereocenters. The van der Waals surface area contributed by atoms with E-state index in [1.165, 1.54) is 6.42 Å². The van der Waals surface area contributed by atoms with Gasteiger partial charge in [0.15, 0.2) is 0 Å². The molecule has 0 amide bonds. The van der Waals surface area contributed by atoms with E-state index in [1.54, 1.807) is 6.33 Å². The second kappa shape index (κ2) is 4.81. The van der Waals surface area contributed by atoms with Crippen LogP contribution in [0.4, 0.5) is 5.82 Å². The number of anilines is 1. The van der Waals surface area contributed by atoms with Gasteiger partial charge < -0.3 is 14.8 Å². The zero-order valence-corrected chi connectivity index (χ0v) is 11.8. The minimum Gasteiger partial charge on any atom is -0.354 e. The van der Waals surface area contributed by atoms with Crippen molar-refractivity contribution >= 4 is 16.9 Å². The lowest BCUT2D eigenvalue weighted by Gasteiger charge is -2.37. The Hall–Kier alpha value is -1.62. The van der Waals surface area contributed by atoms with Crippen molar-refractivity contribution in [1.82, 2.24) is 19.9 Å². The summed E-state index contributed by atoms with van der Waals surface area (Å²) in [6.45, 7) is 4.47. The molecule has 102 valence electrons. The van der Waals surface area contributed by atoms with E-state index in [-0.39, 0.29) is 0 Å². The molecule has 0 aliphatic carbocycles. The number of piperidine rings is 1. The molecule has 19 heavy (non-hydrogen) atoms. The van der Waals surface area contributed by atoms with Gasteiger partial charge in [-0.05, 0) is 24.9 Å². The molecule has 1 fully saturated rings. The van der Waals surface area contributed by atoms with Gasteiger partial charge in [0.2, 0.25) is 0 Å². The standard InChI is InChI=1S/C14H21N5/c1-10-4-6-15-8-12(10)19(3)14-11-5-7-18(2)13(11)16-9-17-14/h5,7,9-10,12,15H,4,6,8H2,1-3H3/t10-,12+/m1/s1. The summed E-state index contributed by atoms with van der Waals surface area (Å²) >= 11 is 0. The van der Waals surface area contributed by atoms with E-state index in [1.807, 2.05) is 17.8 Å². The maximum absolute atomic E-state index is 4.50. The number of aryl methyl sites for hydroxylation is 1. The molecule has 5 nitrogen and oxygen atoms in total. The van der Waals surface area contributed by atoms with Gasteiger partial charge in [-0.1, -0.05) is 6.92 Å². The van der Waals surface area contributed by atoms with E-state index in [2.05, 4.69) is 40.2 Å². The minimum absolute atomic E-state index is 0.493. The Balaban J connectivity index is 1.99. The number of nitrogens with one attached hydrogen (secondary N) is 1. The lowest BCUT2D eigenvalue weighted by atomic mass is 9.93. The van der Waals surface area contributed by atoms with Gasteiger partial charge in [0, 0.05) is 32.9 Å². The third-order valence-corrected chi connectivity index (χ3v) is 4.26. The van der Waals surface area contributed by atoms with Crippen LogP contribution < -0.4 is 10.2 Å². The van der Waals surface area contributed by atoms with Gasteiger partial charge >= 0.3 is 0 Å². The Bertz CT molecular complexity index is 576. The second-order valence-corrected chi connectivity index (χ2v) is 5.51. The van der Waals surface area contributed by atoms with Crippen LogP contribution in [0.15, 0.2) is 18.6 Å². The summed E-state index contributed by atoms with van der Waals surface area (Å²) < 4.78 is 2.04. The lowest BCUT2D eigenvalue weighted by molar-refractivity contribution is 0.338. The highest BCUT2D eigenvalue weighted by molar-refractivity contribution is 5.87. The summed E-state index contributed by atoms with van der Waals surface area (Å²) in [6, 6.07) is 2.59. The van der Waals surface area contributed by atoms with Gasteiger partial charge in [-0.25, -0.2) is 9.97 Å². The maximum Gasteiger partial charge on any atom is 0.145 e. The monoisotopic (exact) mass is 259 g/mol. The fourth-order valence-corrected chi connectivity index (χ4v) is 2.99. The lowest BCUT2D eigenvalue weighted by Crippen LogP contribution is -2.49. The Morgan fingerprint density at radius 1 is 1.42 bits per heavy atom. The van der Waals surface area contributed by atoms with E-state index < -0.39 is 0 Å². The first-order valence-electron chi connectivity index (χ1n) is 6.88. The molecular weight excluding hydrogens is 238 g/mol. The third kappa shape index (κ3) is 2.08. The fraction of sp³-hybridized carbons (Fsp3) is 0.571. The first-order valence-corrected chi connectivity index (χ1v) is 6.88. The highest BCUT2D eigenvalue weighted by Crippen LogP contribution is 2.27. The molecular formula is C14H21N5. The average Bonchev–Trinajstić information content (AvgIpc) is 2.80. The van der Waals surface area contributed by atoms with Crippen molar-refractivity contribution in [2.24, 2.45) is 13.0 Å². The van der Waals surface area contributed by atoms with Crippen LogP contribution in [-0.4, -0.2) is 40.7 Å². The summed E-state index contributed by atoms with van der Waals surface area (Å²) in [4.78, 5) is 11.2. The van der Waals surface area contributed by atoms with Crippen molar-refractivity contribution in [2.75, 3.05) is 25.0 Å². The first-order chi connectivity index (χ1) is 9.18. The zero-order chi connectivity index (χ0) is 13.4. The molecule has 1 aliphatic heterocycles. The van der Waals surface area contributed by atoms with E-state index >= 15 is 0 Å². The average molecular weight is 259 g/mol. The number of aromatic nitrogens is 3. The number of hydrogen-bond acceptors (Lipinski definition) is 4. The van der Waals surface area contributed by atoms with Gasteiger partial charge in [-0.15, -0.1) is 0 Å². The maximum atomic E-state index is 4.50. The van der Waals surface area contributed by atoms with Crippen LogP contribution in [0.5, 0.6) is 0 Å². The van der Waals surface area contributed by atoms with Crippen LogP contribution in [0.25, 0.3) is 11.0 Å². The molecule has 0 unspecified atom stereocenters. The summed E-state index contributed by atoms with van der Waals surface area (Å²) in [6.07, 6.45) is 4.92. The molecule has 2 aromatic heterocycles. The third-order valence-electron chi connectivity index (χ3n) is 4.26. The Morgan fingerprint density at radius 3 is 3.05 bits per heavy atom. The van der Waals surface area contributed by atoms with Gasteiger partial charge in [0.1, 0.15) is 17.8 Å². The molecule has 1 aliphatic rings. The van der Waals surface area contributed by atoms with Crippen LogP contribution >= 0.6 is 0 Å². The Kier molecular flexibility index (Phi) is 3.14. The van der Waals surface area contributed by atoms with Gasteiger partial charge in [-0.2, -0.15) is 0 Å². The van der Waals surface area contributed by atoms with Crippen LogP contribution in [0.1, 0.15) is 13.3 Å². The van der Waals surface area contributed by atoms with Crippen LogP contribution in [0.3, 0.4) is 0 Å². The minimum atomic E-state index is 0.493. The van der Waals surface area contributed by atoms with Crippen LogP contribution in [0, 0.1) is 5.92 Å². The smallest absolute Gasteiger partial charge is 0.145 e. The molecule has 3 rings (SSSR count). The zero-order valence-electron chi connectivity index (χ0n) is 11.8. The van der Waals surface area contributed by atoms with E-state index in [4.69, 9.17) is 0 Å². The fourth-order valence-electron chi connectivity index (χ4n) is 2.99. The number of likely N-dealkylation sites (N-methyl/N-ethyl adjacent to an activating group) is 1. The van der Waals surface area contributed by atoms with Crippen molar-refractivity contribution in [1.29, 1.82) is 0 Å². The molecule has 3 heterocycles. The van der Waals surface area contributed by atoms with E-state index in [9.17, 15) is 0 Å². The molecule has 0 saturated carbocycles. The SMILES string of the molecule is C[C@@H]1CCNC[C@@H]1N(C)c1ncnc2c1ccn2C. The largest absolute Gasteiger partial charge is 0.354 e. The van der Waals surface area contributed by atoms with E-state index in [0.717, 1.165) is 29.9 Å². The van der Waals surface area contributed by atoms with Crippen LogP contribution in [-0.2, 0) is 7.05 Å². The highest BCUT2D eigenvalue weighted by Gasteiger charge is 2.26. The van der Waals surface area contributed by atoms with Crippen molar-refractivity contribution in [2.45, 2.75) is 19.4 Å². The van der Waals surface area contributed by atoms with Gasteiger partial charge in [-0.3, -0.25) is 0 Å². The quantitative estimate of drug-likeness (QED) is 0.885. The predicted molar refractivity (Wildman–Crippen MR) is 77.4 cm³/mol. The molecule has 5 heteroatoms. The first kappa shape index (κ1) is 12.4. The van der Waals surface area contributed by atoms with Gasteiger partial charge in [0.05, 0.1) is 5.39 Å². The second-order valence-electron chi connectivity index (χ2n) is 5.51. The Morgan fingerprint density at radius 2 is 2.26 bits per heavy atom. The number of fused-ring (bicyclic) bond motifs is 1. The summed E-state index contributed by atoms with van der Waals surface area (Å²) in [5.74, 6) is 1.71. The van der Waals surface area contributed by atoms with Crippen molar-refractivity contribution in [3.8, 4) is 0 Å². The van der Waals surface area contributed by atoms with Crippen LogP contribution in [0.2, 0.25) is 0 Å². The molecule has 0 bridgehead atoms. The van der Waals surface area contributed by atoms with Crippen molar-refractivity contribution in [3.05, 3.63) is 18.6 Å².